The summed E-state index contributed by atoms with van der Waals surface area (Å²) in [4.78, 5) is 13.8. The Morgan fingerprint density at radius 2 is 2.28 bits per heavy atom. The number of amides is 1. The zero-order chi connectivity index (χ0) is 13.6. The van der Waals surface area contributed by atoms with E-state index in [4.69, 9.17) is 11.2 Å². The van der Waals surface area contributed by atoms with Gasteiger partial charge in [-0.15, -0.1) is 12.3 Å². The maximum absolute atomic E-state index is 12.0. The molecule has 0 bridgehead atoms. The molecule has 1 N–H and O–H groups in total. The van der Waals surface area contributed by atoms with Gasteiger partial charge >= 0.3 is 6.09 Å². The molecule has 1 fully saturated rings. The van der Waals surface area contributed by atoms with Crippen LogP contribution in [0.25, 0.3) is 0 Å². The van der Waals surface area contributed by atoms with Gasteiger partial charge in [-0.3, -0.25) is 0 Å². The fourth-order valence-electron chi connectivity index (χ4n) is 2.04. The van der Waals surface area contributed by atoms with Gasteiger partial charge in [0.2, 0.25) is 0 Å². The topological polar surface area (TPSA) is 41.6 Å². The molecule has 0 aromatic heterocycles. The minimum atomic E-state index is -0.429. The van der Waals surface area contributed by atoms with Crippen LogP contribution < -0.4 is 5.32 Å². The first-order valence-corrected chi connectivity index (χ1v) is 6.58. The van der Waals surface area contributed by atoms with Gasteiger partial charge in [-0.2, -0.15) is 0 Å². The number of terminal acetylenes is 1. The molecule has 1 aliphatic rings. The molecule has 1 heterocycles. The molecule has 0 saturated carbocycles. The maximum Gasteiger partial charge on any atom is 0.410 e. The Kier molecular flexibility index (Phi) is 5.49. The van der Waals surface area contributed by atoms with Gasteiger partial charge in [0.25, 0.3) is 0 Å². The van der Waals surface area contributed by atoms with Crippen molar-refractivity contribution in [1.29, 1.82) is 0 Å². The van der Waals surface area contributed by atoms with Crippen LogP contribution in [0.2, 0.25) is 0 Å². The zero-order valence-corrected chi connectivity index (χ0v) is 11.7. The van der Waals surface area contributed by atoms with E-state index in [9.17, 15) is 4.79 Å². The fraction of sp³-hybridized carbons (Fsp3) is 0.786. The van der Waals surface area contributed by atoms with Crippen molar-refractivity contribution in [2.75, 3.05) is 19.6 Å². The Morgan fingerprint density at radius 1 is 1.56 bits per heavy atom. The first-order chi connectivity index (χ1) is 8.44. The van der Waals surface area contributed by atoms with Crippen molar-refractivity contribution in [3.05, 3.63) is 0 Å². The second kappa shape index (κ2) is 6.65. The summed E-state index contributed by atoms with van der Waals surface area (Å²) in [5, 5.41) is 3.28. The van der Waals surface area contributed by atoms with Crippen LogP contribution in [0.5, 0.6) is 0 Å². The molecule has 0 radical (unpaired) electrons. The van der Waals surface area contributed by atoms with Crippen molar-refractivity contribution in [2.45, 2.75) is 51.7 Å². The molecular formula is C14H24N2O2. The van der Waals surface area contributed by atoms with Crippen molar-refractivity contribution in [2.24, 2.45) is 0 Å². The largest absolute Gasteiger partial charge is 0.444 e. The lowest BCUT2D eigenvalue weighted by atomic mass is 10.2. The van der Waals surface area contributed by atoms with Crippen molar-refractivity contribution in [3.63, 3.8) is 0 Å². The first-order valence-electron chi connectivity index (χ1n) is 6.58. The highest BCUT2D eigenvalue weighted by Crippen LogP contribution is 2.20. The summed E-state index contributed by atoms with van der Waals surface area (Å²) in [5.74, 6) is 2.59. The van der Waals surface area contributed by atoms with Crippen LogP contribution in [-0.2, 0) is 4.74 Å². The van der Waals surface area contributed by atoms with E-state index in [0.717, 1.165) is 38.9 Å². The molecule has 0 aliphatic carbocycles. The molecule has 0 spiro atoms. The summed E-state index contributed by atoms with van der Waals surface area (Å²) in [6.07, 6.45) is 7.78. The van der Waals surface area contributed by atoms with Crippen LogP contribution in [0.1, 0.15) is 40.0 Å². The molecule has 1 aliphatic heterocycles. The summed E-state index contributed by atoms with van der Waals surface area (Å²) in [6.45, 7) is 8.05. The van der Waals surface area contributed by atoms with Crippen molar-refractivity contribution in [1.82, 2.24) is 10.2 Å². The molecule has 102 valence electrons. The van der Waals surface area contributed by atoms with Gasteiger partial charge in [0, 0.05) is 32.1 Å². The monoisotopic (exact) mass is 252 g/mol. The van der Waals surface area contributed by atoms with Crippen LogP contribution in [0.15, 0.2) is 0 Å². The summed E-state index contributed by atoms with van der Waals surface area (Å²) in [7, 11) is 0. The van der Waals surface area contributed by atoms with E-state index in [0.29, 0.717) is 0 Å². The van der Waals surface area contributed by atoms with E-state index in [1.165, 1.54) is 0 Å². The minimum absolute atomic E-state index is 0.205. The van der Waals surface area contributed by atoms with Crippen molar-refractivity contribution >= 4 is 6.09 Å². The SMILES string of the molecule is C#CCCNCC1CCCN1C(=O)OC(C)(C)C. The van der Waals surface area contributed by atoms with Crippen molar-refractivity contribution in [3.8, 4) is 12.3 Å². The van der Waals surface area contributed by atoms with Gasteiger partial charge in [-0.05, 0) is 33.6 Å². The van der Waals surface area contributed by atoms with E-state index < -0.39 is 5.60 Å². The van der Waals surface area contributed by atoms with Crippen LogP contribution in [-0.4, -0.2) is 42.3 Å². The highest BCUT2D eigenvalue weighted by Gasteiger charge is 2.31. The Bertz CT molecular complexity index is 315. The van der Waals surface area contributed by atoms with E-state index in [1.807, 2.05) is 25.7 Å². The van der Waals surface area contributed by atoms with Gasteiger partial charge < -0.3 is 15.0 Å². The van der Waals surface area contributed by atoms with Crippen LogP contribution in [0.4, 0.5) is 4.79 Å². The molecular weight excluding hydrogens is 228 g/mol. The number of hydrogen-bond donors (Lipinski definition) is 1. The van der Waals surface area contributed by atoms with Gasteiger partial charge in [0.1, 0.15) is 5.60 Å². The molecule has 1 atom stereocenters. The minimum Gasteiger partial charge on any atom is -0.444 e. The molecule has 4 nitrogen and oxygen atoms in total. The molecule has 1 amide bonds. The number of rotatable bonds is 4. The molecule has 4 heteroatoms. The third-order valence-electron chi connectivity index (χ3n) is 2.83. The van der Waals surface area contributed by atoms with E-state index in [1.54, 1.807) is 0 Å². The van der Waals surface area contributed by atoms with Crippen LogP contribution in [0, 0.1) is 12.3 Å². The predicted octanol–water partition coefficient (Wildman–Crippen LogP) is 2.00. The van der Waals surface area contributed by atoms with E-state index in [-0.39, 0.29) is 12.1 Å². The number of carbonyl (C=O) groups is 1. The normalized spacial score (nSPS) is 19.7. The quantitative estimate of drug-likeness (QED) is 0.614. The van der Waals surface area contributed by atoms with Crippen molar-refractivity contribution < 1.29 is 9.53 Å². The molecule has 1 rings (SSSR count). The lowest BCUT2D eigenvalue weighted by Crippen LogP contribution is -2.44. The summed E-state index contributed by atoms with van der Waals surface area (Å²) >= 11 is 0. The number of nitrogens with zero attached hydrogens (tertiary/aromatic N) is 1. The Labute approximate surface area is 110 Å². The molecule has 1 saturated heterocycles. The number of nitrogens with one attached hydrogen (secondary N) is 1. The molecule has 0 aromatic carbocycles. The average Bonchev–Trinajstić information content (AvgIpc) is 2.70. The highest BCUT2D eigenvalue weighted by molar-refractivity contribution is 5.69. The molecule has 18 heavy (non-hydrogen) atoms. The van der Waals surface area contributed by atoms with E-state index in [2.05, 4.69) is 11.2 Å². The summed E-state index contributed by atoms with van der Waals surface area (Å²) in [6, 6.07) is 0.234. The Hall–Kier alpha value is -1.21. The number of hydrogen-bond acceptors (Lipinski definition) is 3. The Morgan fingerprint density at radius 3 is 2.89 bits per heavy atom. The van der Waals surface area contributed by atoms with Crippen LogP contribution >= 0.6 is 0 Å². The Balaban J connectivity index is 2.39. The average molecular weight is 252 g/mol. The number of carbonyl (C=O) groups excluding carboxylic acids is 1. The lowest BCUT2D eigenvalue weighted by Gasteiger charge is -2.28. The second-order valence-corrected chi connectivity index (χ2v) is 5.63. The standard InChI is InChI=1S/C14H24N2O2/c1-5-6-9-15-11-12-8-7-10-16(12)13(17)18-14(2,3)4/h1,12,15H,6-11H2,2-4H3. The zero-order valence-electron chi connectivity index (χ0n) is 11.7. The lowest BCUT2D eigenvalue weighted by molar-refractivity contribution is 0.0227. The van der Waals surface area contributed by atoms with Gasteiger partial charge in [0.15, 0.2) is 0 Å². The van der Waals surface area contributed by atoms with Gasteiger partial charge in [0.05, 0.1) is 0 Å². The predicted molar refractivity (Wildman–Crippen MR) is 72.3 cm³/mol. The van der Waals surface area contributed by atoms with Gasteiger partial charge in [-0.25, -0.2) is 4.79 Å². The van der Waals surface area contributed by atoms with E-state index >= 15 is 0 Å². The smallest absolute Gasteiger partial charge is 0.410 e. The highest BCUT2D eigenvalue weighted by atomic mass is 16.6. The maximum atomic E-state index is 12.0. The summed E-state index contributed by atoms with van der Waals surface area (Å²) < 4.78 is 5.41. The summed E-state index contributed by atoms with van der Waals surface area (Å²) in [5.41, 5.74) is -0.429. The fourth-order valence-corrected chi connectivity index (χ4v) is 2.04. The second-order valence-electron chi connectivity index (χ2n) is 5.63. The van der Waals surface area contributed by atoms with Gasteiger partial charge in [-0.1, -0.05) is 0 Å². The van der Waals surface area contributed by atoms with Crippen LogP contribution in [0.3, 0.4) is 0 Å². The third kappa shape index (κ3) is 4.97. The number of likely N-dealkylation sites (tertiary alicyclic amines) is 1. The third-order valence-corrected chi connectivity index (χ3v) is 2.83. The number of ether oxygens (including phenoxy) is 1. The molecule has 0 aromatic rings. The molecule has 1 unspecified atom stereocenters. The first kappa shape index (κ1) is 14.8.